The minimum absolute atomic E-state index is 0.139. The van der Waals surface area contributed by atoms with Gasteiger partial charge in [-0.15, -0.1) is 0 Å². The number of ether oxygens (including phenoxy) is 1. The monoisotopic (exact) mass is 347 g/mol. The predicted octanol–water partition coefficient (Wildman–Crippen LogP) is 2.76. The molecule has 1 aliphatic heterocycles. The minimum Gasteiger partial charge on any atom is -0.497 e. The molecule has 0 spiro atoms. The average molecular weight is 348 g/mol. The summed E-state index contributed by atoms with van der Waals surface area (Å²) in [6, 6.07) is 8.31. The fourth-order valence-electron chi connectivity index (χ4n) is 2.95. The van der Waals surface area contributed by atoms with Crippen LogP contribution in [0.3, 0.4) is 0 Å². The third kappa shape index (κ3) is 6.24. The van der Waals surface area contributed by atoms with Gasteiger partial charge in [0.25, 0.3) is 0 Å². The van der Waals surface area contributed by atoms with Gasteiger partial charge in [0.05, 0.1) is 7.11 Å². The van der Waals surface area contributed by atoms with Crippen molar-refractivity contribution >= 4 is 11.6 Å². The topological polar surface area (TPSA) is 44.8 Å². The van der Waals surface area contributed by atoms with E-state index in [-0.39, 0.29) is 11.3 Å². The number of benzene rings is 1. The Morgan fingerprint density at radius 1 is 1.08 bits per heavy atom. The van der Waals surface area contributed by atoms with Gasteiger partial charge in [0.15, 0.2) is 0 Å². The molecule has 0 radical (unpaired) electrons. The lowest BCUT2D eigenvalue weighted by molar-refractivity contribution is -0.128. The maximum absolute atomic E-state index is 11.8. The second-order valence-corrected chi connectivity index (χ2v) is 7.74. The molecular formula is C20H33N3O2. The summed E-state index contributed by atoms with van der Waals surface area (Å²) in [5.41, 5.74) is 0.975. The minimum atomic E-state index is -0.294. The number of anilines is 1. The number of nitrogens with zero attached hydrogens (tertiary/aromatic N) is 2. The van der Waals surface area contributed by atoms with Gasteiger partial charge in [-0.05, 0) is 43.7 Å². The van der Waals surface area contributed by atoms with Crippen molar-refractivity contribution < 1.29 is 9.53 Å². The zero-order valence-electron chi connectivity index (χ0n) is 16.2. The van der Waals surface area contributed by atoms with Gasteiger partial charge in [0.2, 0.25) is 5.91 Å². The van der Waals surface area contributed by atoms with E-state index in [4.69, 9.17) is 4.74 Å². The van der Waals surface area contributed by atoms with E-state index in [0.717, 1.165) is 57.9 Å². The van der Waals surface area contributed by atoms with E-state index in [9.17, 15) is 4.79 Å². The van der Waals surface area contributed by atoms with Crippen LogP contribution < -0.4 is 15.0 Å². The van der Waals surface area contributed by atoms with Gasteiger partial charge in [-0.2, -0.15) is 0 Å². The van der Waals surface area contributed by atoms with E-state index in [1.54, 1.807) is 7.11 Å². The lowest BCUT2D eigenvalue weighted by Gasteiger charge is -2.36. The predicted molar refractivity (Wildman–Crippen MR) is 103 cm³/mol. The van der Waals surface area contributed by atoms with Crippen molar-refractivity contribution in [3.63, 3.8) is 0 Å². The first kappa shape index (κ1) is 19.6. The smallest absolute Gasteiger partial charge is 0.225 e. The molecule has 5 heteroatoms. The quantitative estimate of drug-likeness (QED) is 0.771. The summed E-state index contributed by atoms with van der Waals surface area (Å²) >= 11 is 0. The molecule has 1 aliphatic rings. The second kappa shape index (κ2) is 9.09. The highest BCUT2D eigenvalue weighted by Crippen LogP contribution is 2.20. The van der Waals surface area contributed by atoms with Gasteiger partial charge in [-0.25, -0.2) is 0 Å². The first-order valence-corrected chi connectivity index (χ1v) is 9.30. The maximum Gasteiger partial charge on any atom is 0.225 e. The molecule has 0 bridgehead atoms. The van der Waals surface area contributed by atoms with Gasteiger partial charge >= 0.3 is 0 Å². The number of rotatable bonds is 7. The Morgan fingerprint density at radius 2 is 1.72 bits per heavy atom. The van der Waals surface area contributed by atoms with Crippen LogP contribution in [-0.4, -0.2) is 57.2 Å². The summed E-state index contributed by atoms with van der Waals surface area (Å²) in [6.45, 7) is 12.1. The van der Waals surface area contributed by atoms with Crippen LogP contribution in [0, 0.1) is 5.41 Å². The Labute approximate surface area is 152 Å². The van der Waals surface area contributed by atoms with Crippen LogP contribution in [0.1, 0.15) is 33.6 Å². The zero-order valence-corrected chi connectivity index (χ0v) is 16.2. The fourth-order valence-corrected chi connectivity index (χ4v) is 2.95. The van der Waals surface area contributed by atoms with Crippen LogP contribution in [0.4, 0.5) is 5.69 Å². The summed E-state index contributed by atoms with van der Waals surface area (Å²) in [5, 5.41) is 3.02. The Balaban J connectivity index is 1.61. The van der Waals surface area contributed by atoms with Crippen LogP contribution >= 0.6 is 0 Å². The molecule has 1 heterocycles. The summed E-state index contributed by atoms with van der Waals surface area (Å²) in [4.78, 5) is 16.8. The molecule has 0 atom stereocenters. The number of amides is 1. The van der Waals surface area contributed by atoms with Crippen LogP contribution in [-0.2, 0) is 4.79 Å². The number of unbranched alkanes of at least 4 members (excludes halogenated alkanes) is 1. The van der Waals surface area contributed by atoms with Crippen molar-refractivity contribution in [3.05, 3.63) is 24.3 Å². The number of carbonyl (C=O) groups is 1. The van der Waals surface area contributed by atoms with Crippen LogP contribution in [0.2, 0.25) is 0 Å². The van der Waals surface area contributed by atoms with E-state index in [1.807, 2.05) is 32.9 Å². The van der Waals surface area contributed by atoms with Crippen molar-refractivity contribution in [2.24, 2.45) is 5.41 Å². The third-order valence-corrected chi connectivity index (χ3v) is 4.68. The van der Waals surface area contributed by atoms with Crippen molar-refractivity contribution in [2.75, 3.05) is 51.3 Å². The van der Waals surface area contributed by atoms with Gasteiger partial charge in [0, 0.05) is 43.8 Å². The second-order valence-electron chi connectivity index (χ2n) is 7.74. The summed E-state index contributed by atoms with van der Waals surface area (Å²) in [5.74, 6) is 1.04. The van der Waals surface area contributed by atoms with Crippen LogP contribution in [0.15, 0.2) is 24.3 Å². The normalized spacial score (nSPS) is 15.9. The highest BCUT2D eigenvalue weighted by atomic mass is 16.5. The van der Waals surface area contributed by atoms with Gasteiger partial charge < -0.3 is 15.0 Å². The van der Waals surface area contributed by atoms with E-state index in [1.165, 1.54) is 5.69 Å². The fraction of sp³-hybridized carbons (Fsp3) is 0.650. The first-order chi connectivity index (χ1) is 11.9. The number of hydrogen-bond donors (Lipinski definition) is 1. The molecule has 0 unspecified atom stereocenters. The molecule has 1 amide bonds. The van der Waals surface area contributed by atoms with Crippen molar-refractivity contribution in [1.29, 1.82) is 0 Å². The highest BCUT2D eigenvalue weighted by molar-refractivity contribution is 5.81. The van der Waals surface area contributed by atoms with Crippen LogP contribution in [0.25, 0.3) is 0 Å². The maximum atomic E-state index is 11.8. The molecule has 0 aliphatic carbocycles. The molecule has 5 nitrogen and oxygen atoms in total. The molecule has 1 aromatic rings. The third-order valence-electron chi connectivity index (χ3n) is 4.68. The van der Waals surface area contributed by atoms with Gasteiger partial charge in [-0.3, -0.25) is 9.69 Å². The van der Waals surface area contributed by atoms with Crippen LogP contribution in [0.5, 0.6) is 5.75 Å². The molecule has 1 fully saturated rings. The molecule has 1 N–H and O–H groups in total. The van der Waals surface area contributed by atoms with Crippen molar-refractivity contribution in [3.8, 4) is 5.75 Å². The largest absolute Gasteiger partial charge is 0.497 e. The van der Waals surface area contributed by atoms with E-state index in [0.29, 0.717) is 0 Å². The molecule has 2 rings (SSSR count). The number of carbonyl (C=O) groups excluding carboxylic acids is 1. The summed E-state index contributed by atoms with van der Waals surface area (Å²) in [6.07, 6.45) is 2.17. The average Bonchev–Trinajstić information content (AvgIpc) is 2.61. The van der Waals surface area contributed by atoms with Gasteiger partial charge in [-0.1, -0.05) is 20.8 Å². The Bertz CT molecular complexity index is 529. The summed E-state index contributed by atoms with van der Waals surface area (Å²) < 4.78 is 5.22. The number of methoxy groups -OCH3 is 1. The SMILES string of the molecule is COc1ccc(N2CCN(CCCCNC(=O)C(C)(C)C)CC2)cc1. The van der Waals surface area contributed by atoms with E-state index in [2.05, 4.69) is 27.2 Å². The van der Waals surface area contributed by atoms with Crippen molar-refractivity contribution in [2.45, 2.75) is 33.6 Å². The molecule has 25 heavy (non-hydrogen) atoms. The first-order valence-electron chi connectivity index (χ1n) is 9.30. The molecule has 1 aromatic carbocycles. The molecule has 1 saturated heterocycles. The Morgan fingerprint density at radius 3 is 2.28 bits per heavy atom. The standard InChI is InChI=1S/C20H33N3O2/c1-20(2,3)19(24)21-11-5-6-12-22-13-15-23(16-14-22)17-7-9-18(25-4)10-8-17/h7-10H,5-6,11-16H2,1-4H3,(H,21,24). The number of hydrogen-bond acceptors (Lipinski definition) is 4. The number of nitrogens with one attached hydrogen (secondary N) is 1. The Kier molecular flexibility index (Phi) is 7.12. The van der Waals surface area contributed by atoms with Gasteiger partial charge in [0.1, 0.15) is 5.75 Å². The lowest BCUT2D eigenvalue weighted by Crippen LogP contribution is -2.46. The molecule has 0 aromatic heterocycles. The van der Waals surface area contributed by atoms with E-state index < -0.39 is 0 Å². The summed E-state index contributed by atoms with van der Waals surface area (Å²) in [7, 11) is 1.70. The van der Waals surface area contributed by atoms with E-state index >= 15 is 0 Å². The lowest BCUT2D eigenvalue weighted by atomic mass is 9.96. The zero-order chi connectivity index (χ0) is 18.3. The highest BCUT2D eigenvalue weighted by Gasteiger charge is 2.20. The molecular weight excluding hydrogens is 314 g/mol. The molecule has 140 valence electrons. The Hall–Kier alpha value is -1.75. The number of piperazine rings is 1. The molecule has 0 saturated carbocycles. The van der Waals surface area contributed by atoms with Crippen molar-refractivity contribution in [1.82, 2.24) is 10.2 Å².